The van der Waals surface area contributed by atoms with Crippen molar-refractivity contribution in [1.82, 2.24) is 0 Å². The van der Waals surface area contributed by atoms with Gasteiger partial charge < -0.3 is 10.5 Å². The summed E-state index contributed by atoms with van der Waals surface area (Å²) >= 11 is 5.81. The number of Topliss-reactive ketones (excluding diaryl/α,β-unsaturated/α-hetero) is 1. The highest BCUT2D eigenvalue weighted by Gasteiger charge is 2.15. The molecule has 0 saturated heterocycles. The molecule has 0 heterocycles. The number of carbonyl (C=O) groups excluding carboxylic acids is 2. The number of hydrogen-bond acceptors (Lipinski definition) is 4. The number of benzene rings is 2. The first-order chi connectivity index (χ1) is 10.8. The van der Waals surface area contributed by atoms with Gasteiger partial charge in [0.1, 0.15) is 0 Å². The van der Waals surface area contributed by atoms with Gasteiger partial charge in [0, 0.05) is 5.56 Å². The molecular weight excluding hydrogens is 314 g/mol. The molecule has 4 nitrogen and oxygen atoms in total. The summed E-state index contributed by atoms with van der Waals surface area (Å²) in [5, 5.41) is 0.364. The Bertz CT molecular complexity index is 784. The second-order valence-electron chi connectivity index (χ2n) is 5.49. The Kier molecular flexibility index (Phi) is 5.06. The van der Waals surface area contributed by atoms with E-state index in [0.29, 0.717) is 10.6 Å². The number of halogens is 1. The molecule has 0 aliphatic rings. The van der Waals surface area contributed by atoms with Gasteiger partial charge in [0.05, 0.1) is 16.3 Å². The Labute approximate surface area is 140 Å². The van der Waals surface area contributed by atoms with Gasteiger partial charge in [-0.15, -0.1) is 0 Å². The molecule has 23 heavy (non-hydrogen) atoms. The first kappa shape index (κ1) is 17.0. The number of esters is 1. The second-order valence-corrected chi connectivity index (χ2v) is 5.89. The summed E-state index contributed by atoms with van der Waals surface area (Å²) in [5.41, 5.74) is 9.77. The van der Waals surface area contributed by atoms with Crippen molar-refractivity contribution in [3.63, 3.8) is 0 Å². The minimum absolute atomic E-state index is 0.235. The predicted molar refractivity (Wildman–Crippen MR) is 91.1 cm³/mol. The van der Waals surface area contributed by atoms with Crippen molar-refractivity contribution in [2.24, 2.45) is 0 Å². The minimum Gasteiger partial charge on any atom is -0.454 e. The molecule has 0 aromatic heterocycles. The maximum absolute atomic E-state index is 12.3. The van der Waals surface area contributed by atoms with Gasteiger partial charge in [-0.1, -0.05) is 17.7 Å². The Balaban J connectivity index is 2.08. The van der Waals surface area contributed by atoms with Crippen LogP contribution in [0.4, 0.5) is 5.69 Å². The summed E-state index contributed by atoms with van der Waals surface area (Å²) in [6.07, 6.45) is 0. The topological polar surface area (TPSA) is 69.4 Å². The van der Waals surface area contributed by atoms with E-state index in [1.807, 2.05) is 32.9 Å². The van der Waals surface area contributed by atoms with Gasteiger partial charge in [-0.2, -0.15) is 0 Å². The number of nitrogens with two attached hydrogens (primary N) is 1. The Morgan fingerprint density at radius 3 is 2.35 bits per heavy atom. The van der Waals surface area contributed by atoms with Crippen molar-refractivity contribution in [3.05, 3.63) is 63.2 Å². The van der Waals surface area contributed by atoms with Crippen LogP contribution in [0.1, 0.15) is 37.4 Å². The monoisotopic (exact) mass is 331 g/mol. The van der Waals surface area contributed by atoms with Gasteiger partial charge in [-0.05, 0) is 61.7 Å². The summed E-state index contributed by atoms with van der Waals surface area (Å²) in [6.45, 7) is 5.47. The van der Waals surface area contributed by atoms with Crippen LogP contribution in [0.2, 0.25) is 5.02 Å². The van der Waals surface area contributed by atoms with Gasteiger partial charge in [-0.3, -0.25) is 4.79 Å². The van der Waals surface area contributed by atoms with Gasteiger partial charge in [0.15, 0.2) is 6.61 Å². The molecule has 0 bridgehead atoms. The van der Waals surface area contributed by atoms with E-state index in [4.69, 9.17) is 22.1 Å². The lowest BCUT2D eigenvalue weighted by molar-refractivity contribution is 0.0474. The molecule has 0 aliphatic carbocycles. The van der Waals surface area contributed by atoms with Crippen molar-refractivity contribution in [3.8, 4) is 0 Å². The Morgan fingerprint density at radius 2 is 1.70 bits per heavy atom. The van der Waals surface area contributed by atoms with Crippen LogP contribution in [0, 0.1) is 20.8 Å². The van der Waals surface area contributed by atoms with E-state index in [0.717, 1.165) is 16.7 Å². The molecule has 0 fully saturated rings. The van der Waals surface area contributed by atoms with Crippen molar-refractivity contribution >= 4 is 29.0 Å². The van der Waals surface area contributed by atoms with E-state index >= 15 is 0 Å². The molecule has 0 atom stereocenters. The van der Waals surface area contributed by atoms with Crippen LogP contribution in [0.3, 0.4) is 0 Å². The van der Waals surface area contributed by atoms with Crippen LogP contribution in [-0.2, 0) is 4.74 Å². The molecule has 5 heteroatoms. The number of anilines is 1. The maximum Gasteiger partial charge on any atom is 0.338 e. The standard InChI is InChI=1S/C18H18ClNO3/c1-10-6-12(3)14(7-11(10)2)17(21)9-23-18(22)13-4-5-15(19)16(20)8-13/h4-8H,9,20H2,1-3H3. The highest BCUT2D eigenvalue weighted by atomic mass is 35.5. The van der Waals surface area contributed by atoms with Gasteiger partial charge in [-0.25, -0.2) is 4.79 Å². The van der Waals surface area contributed by atoms with Crippen LogP contribution in [0.5, 0.6) is 0 Å². The minimum atomic E-state index is -0.608. The van der Waals surface area contributed by atoms with Crippen LogP contribution in [0.15, 0.2) is 30.3 Å². The van der Waals surface area contributed by atoms with E-state index in [-0.39, 0.29) is 23.6 Å². The average molecular weight is 332 g/mol. The zero-order valence-electron chi connectivity index (χ0n) is 13.3. The first-order valence-electron chi connectivity index (χ1n) is 7.12. The SMILES string of the molecule is Cc1cc(C)c(C(=O)COC(=O)c2ccc(Cl)c(N)c2)cc1C. The quantitative estimate of drug-likeness (QED) is 0.524. The lowest BCUT2D eigenvalue weighted by Crippen LogP contribution is -2.15. The number of ether oxygens (including phenoxy) is 1. The van der Waals surface area contributed by atoms with E-state index in [1.54, 1.807) is 0 Å². The molecular formula is C18H18ClNO3. The summed E-state index contributed by atoms with van der Waals surface area (Å²) in [5.74, 6) is -0.843. The van der Waals surface area contributed by atoms with Crippen molar-refractivity contribution in [1.29, 1.82) is 0 Å². The van der Waals surface area contributed by atoms with Gasteiger partial charge >= 0.3 is 5.97 Å². The molecule has 0 radical (unpaired) electrons. The lowest BCUT2D eigenvalue weighted by Gasteiger charge is -2.10. The molecule has 0 amide bonds. The van der Waals surface area contributed by atoms with Gasteiger partial charge in [0.2, 0.25) is 5.78 Å². The molecule has 2 aromatic rings. The highest BCUT2D eigenvalue weighted by molar-refractivity contribution is 6.33. The molecule has 0 aliphatic heterocycles. The maximum atomic E-state index is 12.3. The predicted octanol–water partition coefficient (Wildman–Crippen LogP) is 3.89. The van der Waals surface area contributed by atoms with Crippen LogP contribution in [-0.4, -0.2) is 18.4 Å². The van der Waals surface area contributed by atoms with Gasteiger partial charge in [0.25, 0.3) is 0 Å². The fourth-order valence-electron chi connectivity index (χ4n) is 2.22. The number of nitrogen functional groups attached to an aromatic ring is 1. The van der Waals surface area contributed by atoms with Crippen molar-refractivity contribution in [2.75, 3.05) is 12.3 Å². The first-order valence-corrected chi connectivity index (χ1v) is 7.50. The highest BCUT2D eigenvalue weighted by Crippen LogP contribution is 2.20. The molecule has 0 unspecified atom stereocenters. The summed E-state index contributed by atoms with van der Waals surface area (Å²) in [7, 11) is 0. The van der Waals surface area contributed by atoms with Crippen molar-refractivity contribution < 1.29 is 14.3 Å². The molecule has 2 aromatic carbocycles. The van der Waals surface area contributed by atoms with E-state index < -0.39 is 5.97 Å². The Hall–Kier alpha value is -2.33. The third kappa shape index (κ3) is 3.90. The largest absolute Gasteiger partial charge is 0.454 e. The lowest BCUT2D eigenvalue weighted by atomic mass is 9.98. The fourth-order valence-corrected chi connectivity index (χ4v) is 2.34. The van der Waals surface area contributed by atoms with E-state index in [1.165, 1.54) is 18.2 Å². The number of aryl methyl sites for hydroxylation is 3. The summed E-state index contributed by atoms with van der Waals surface area (Å²) < 4.78 is 5.08. The number of carbonyl (C=O) groups is 2. The number of hydrogen-bond donors (Lipinski definition) is 1. The third-order valence-corrected chi connectivity index (χ3v) is 4.05. The zero-order valence-corrected chi connectivity index (χ0v) is 14.0. The number of ketones is 1. The summed E-state index contributed by atoms with van der Waals surface area (Å²) in [4.78, 5) is 24.2. The molecule has 120 valence electrons. The van der Waals surface area contributed by atoms with E-state index in [2.05, 4.69) is 0 Å². The molecule has 2 rings (SSSR count). The Morgan fingerprint density at radius 1 is 1.04 bits per heavy atom. The van der Waals surface area contributed by atoms with Crippen LogP contribution < -0.4 is 5.73 Å². The number of rotatable bonds is 4. The van der Waals surface area contributed by atoms with E-state index in [9.17, 15) is 9.59 Å². The summed E-state index contributed by atoms with van der Waals surface area (Å²) in [6, 6.07) is 8.22. The third-order valence-electron chi connectivity index (χ3n) is 3.71. The zero-order chi connectivity index (χ0) is 17.1. The second kappa shape index (κ2) is 6.84. The normalized spacial score (nSPS) is 10.4. The van der Waals surface area contributed by atoms with Crippen LogP contribution in [0.25, 0.3) is 0 Å². The average Bonchev–Trinajstić information content (AvgIpc) is 2.50. The molecule has 2 N–H and O–H groups in total. The fraction of sp³-hybridized carbons (Fsp3) is 0.222. The van der Waals surface area contributed by atoms with Crippen LogP contribution >= 0.6 is 11.6 Å². The molecule has 0 saturated carbocycles. The molecule has 0 spiro atoms. The van der Waals surface area contributed by atoms with Crippen molar-refractivity contribution in [2.45, 2.75) is 20.8 Å². The smallest absolute Gasteiger partial charge is 0.338 e.